The van der Waals surface area contributed by atoms with Crippen LogP contribution in [-0.4, -0.2) is 24.3 Å². The zero-order chi connectivity index (χ0) is 18.6. The van der Waals surface area contributed by atoms with E-state index in [1.54, 1.807) is 0 Å². The number of esters is 1. The van der Waals surface area contributed by atoms with Crippen LogP contribution in [0.5, 0.6) is 0 Å². The van der Waals surface area contributed by atoms with Crippen LogP contribution in [0, 0.1) is 0 Å². The van der Waals surface area contributed by atoms with Crippen molar-refractivity contribution in [2.24, 2.45) is 0 Å². The van der Waals surface area contributed by atoms with Crippen molar-refractivity contribution in [3.05, 3.63) is 0 Å². The van der Waals surface area contributed by atoms with Crippen LogP contribution in [0.3, 0.4) is 0 Å². The van der Waals surface area contributed by atoms with E-state index in [4.69, 9.17) is 0 Å². The van der Waals surface area contributed by atoms with Gasteiger partial charge in [0.1, 0.15) is 0 Å². The van der Waals surface area contributed by atoms with Crippen molar-refractivity contribution in [1.29, 1.82) is 0 Å². The molecule has 0 spiro atoms. The average molecular weight is 357 g/mol. The lowest BCUT2D eigenvalue weighted by atomic mass is 10.0. The number of aliphatic hydroxyl groups excluding tert-OH is 1. The highest BCUT2D eigenvalue weighted by atomic mass is 16.5. The van der Waals surface area contributed by atoms with E-state index in [-0.39, 0.29) is 0 Å². The summed E-state index contributed by atoms with van der Waals surface area (Å²) in [6, 6.07) is 0. The van der Waals surface area contributed by atoms with Crippen LogP contribution in [0.2, 0.25) is 0 Å². The van der Waals surface area contributed by atoms with Gasteiger partial charge < -0.3 is 9.84 Å². The van der Waals surface area contributed by atoms with E-state index < -0.39 is 12.1 Å². The standard InChI is InChI=1S/C22H44O3/c1-3-4-5-6-7-8-9-10-11-12-13-14-15-16-17-18-19-20-21(23)22(24)25-2/h21,23H,3-20H2,1-2H3. The third-order valence-electron chi connectivity index (χ3n) is 5.05. The second-order valence-electron chi connectivity index (χ2n) is 7.48. The van der Waals surface area contributed by atoms with Gasteiger partial charge >= 0.3 is 5.97 Å². The first-order valence-corrected chi connectivity index (χ1v) is 11.0. The van der Waals surface area contributed by atoms with Crippen LogP contribution < -0.4 is 0 Å². The van der Waals surface area contributed by atoms with Gasteiger partial charge in [-0.1, -0.05) is 116 Å². The quantitative estimate of drug-likeness (QED) is 0.210. The first kappa shape index (κ1) is 24.4. The molecule has 0 aliphatic heterocycles. The Morgan fingerprint density at radius 1 is 0.680 bits per heavy atom. The molecule has 0 aromatic rings. The molecule has 3 nitrogen and oxygen atoms in total. The minimum absolute atomic E-state index is 0.503. The van der Waals surface area contributed by atoms with Gasteiger partial charge in [-0.3, -0.25) is 0 Å². The second-order valence-corrected chi connectivity index (χ2v) is 7.48. The van der Waals surface area contributed by atoms with Crippen LogP contribution >= 0.6 is 0 Å². The van der Waals surface area contributed by atoms with Crippen LogP contribution in [-0.2, 0) is 9.53 Å². The summed E-state index contributed by atoms with van der Waals surface area (Å²) in [4.78, 5) is 11.0. The Labute approximate surface area is 156 Å². The van der Waals surface area contributed by atoms with E-state index in [0.29, 0.717) is 6.42 Å². The molecule has 0 saturated heterocycles. The summed E-state index contributed by atoms with van der Waals surface area (Å²) in [5.74, 6) is -0.503. The molecule has 3 heteroatoms. The SMILES string of the molecule is CCCCCCCCCCCCCCCCCCCC(O)C(=O)OC. The van der Waals surface area contributed by atoms with Crippen molar-refractivity contribution in [2.45, 2.75) is 129 Å². The number of carbonyl (C=O) groups excluding carboxylic acids is 1. The third kappa shape index (κ3) is 18.0. The molecular formula is C22H44O3. The van der Waals surface area contributed by atoms with Crippen LogP contribution in [0.15, 0.2) is 0 Å². The van der Waals surface area contributed by atoms with Gasteiger partial charge in [0.2, 0.25) is 0 Å². The number of unbranched alkanes of at least 4 members (excludes halogenated alkanes) is 16. The maximum Gasteiger partial charge on any atom is 0.334 e. The number of hydrogen-bond acceptors (Lipinski definition) is 3. The van der Waals surface area contributed by atoms with Gasteiger partial charge in [-0.25, -0.2) is 4.79 Å². The van der Waals surface area contributed by atoms with Crippen molar-refractivity contribution in [3.63, 3.8) is 0 Å². The Morgan fingerprint density at radius 2 is 1.00 bits per heavy atom. The predicted molar refractivity (Wildman–Crippen MR) is 107 cm³/mol. The molecule has 0 amide bonds. The molecule has 0 aromatic heterocycles. The molecule has 0 bridgehead atoms. The van der Waals surface area contributed by atoms with Gasteiger partial charge in [0.15, 0.2) is 6.10 Å². The number of ether oxygens (including phenoxy) is 1. The number of rotatable bonds is 19. The molecule has 0 radical (unpaired) electrons. The second kappa shape index (κ2) is 19.8. The largest absolute Gasteiger partial charge is 0.467 e. The van der Waals surface area contributed by atoms with Crippen LogP contribution in [0.4, 0.5) is 0 Å². The Balaban J connectivity index is 3.08. The summed E-state index contributed by atoms with van der Waals surface area (Å²) < 4.78 is 4.51. The monoisotopic (exact) mass is 356 g/mol. The lowest BCUT2D eigenvalue weighted by molar-refractivity contribution is -0.150. The van der Waals surface area contributed by atoms with E-state index in [2.05, 4.69) is 11.7 Å². The highest BCUT2D eigenvalue weighted by molar-refractivity contribution is 5.74. The number of methoxy groups -OCH3 is 1. The normalized spacial score (nSPS) is 12.3. The Morgan fingerprint density at radius 3 is 1.32 bits per heavy atom. The Hall–Kier alpha value is -0.570. The minimum Gasteiger partial charge on any atom is -0.467 e. The molecule has 0 heterocycles. The van der Waals surface area contributed by atoms with E-state index >= 15 is 0 Å². The molecule has 0 aliphatic rings. The zero-order valence-electron chi connectivity index (χ0n) is 17.1. The molecule has 0 saturated carbocycles. The predicted octanol–water partition coefficient (Wildman–Crippen LogP) is 6.56. The summed E-state index contributed by atoms with van der Waals surface area (Å²) >= 11 is 0. The van der Waals surface area contributed by atoms with Gasteiger partial charge in [0, 0.05) is 0 Å². The molecule has 0 rings (SSSR count). The molecule has 150 valence electrons. The van der Waals surface area contributed by atoms with E-state index in [1.807, 2.05) is 0 Å². The maximum absolute atomic E-state index is 11.0. The van der Waals surface area contributed by atoms with E-state index in [1.165, 1.54) is 103 Å². The smallest absolute Gasteiger partial charge is 0.334 e. The molecule has 1 unspecified atom stereocenters. The van der Waals surface area contributed by atoms with Crippen molar-refractivity contribution < 1.29 is 14.6 Å². The van der Waals surface area contributed by atoms with Crippen molar-refractivity contribution in [3.8, 4) is 0 Å². The lowest BCUT2D eigenvalue weighted by Crippen LogP contribution is -2.21. The molecule has 0 aromatic carbocycles. The summed E-state index contributed by atoms with van der Waals surface area (Å²) in [5.41, 5.74) is 0. The van der Waals surface area contributed by atoms with E-state index in [0.717, 1.165) is 12.8 Å². The van der Waals surface area contributed by atoms with Gasteiger partial charge in [-0.2, -0.15) is 0 Å². The molecule has 1 N–H and O–H groups in total. The zero-order valence-corrected chi connectivity index (χ0v) is 17.1. The van der Waals surface area contributed by atoms with Crippen molar-refractivity contribution in [1.82, 2.24) is 0 Å². The van der Waals surface area contributed by atoms with Crippen LogP contribution in [0.25, 0.3) is 0 Å². The number of carbonyl (C=O) groups is 1. The third-order valence-corrected chi connectivity index (χ3v) is 5.05. The molecule has 0 aliphatic carbocycles. The van der Waals surface area contributed by atoms with Crippen molar-refractivity contribution >= 4 is 5.97 Å². The Bertz CT molecular complexity index is 278. The first-order chi connectivity index (χ1) is 12.2. The minimum atomic E-state index is -0.929. The fourth-order valence-electron chi connectivity index (χ4n) is 3.32. The van der Waals surface area contributed by atoms with E-state index in [9.17, 15) is 9.90 Å². The van der Waals surface area contributed by atoms with Crippen LogP contribution in [0.1, 0.15) is 122 Å². The number of aliphatic hydroxyl groups is 1. The molecule has 1 atom stereocenters. The van der Waals surface area contributed by atoms with Gasteiger partial charge in [0.25, 0.3) is 0 Å². The number of hydrogen-bond donors (Lipinski definition) is 1. The highest BCUT2D eigenvalue weighted by Gasteiger charge is 2.13. The van der Waals surface area contributed by atoms with Crippen molar-refractivity contribution in [2.75, 3.05) is 7.11 Å². The topological polar surface area (TPSA) is 46.5 Å². The molecular weight excluding hydrogens is 312 g/mol. The van der Waals surface area contributed by atoms with Gasteiger partial charge in [-0.05, 0) is 6.42 Å². The summed E-state index contributed by atoms with van der Waals surface area (Å²) in [5, 5.41) is 9.47. The first-order valence-electron chi connectivity index (χ1n) is 11.0. The Kier molecular flexibility index (Phi) is 19.3. The van der Waals surface area contributed by atoms with Gasteiger partial charge in [0.05, 0.1) is 7.11 Å². The summed E-state index contributed by atoms with van der Waals surface area (Å²) in [6.07, 6.45) is 22.4. The maximum atomic E-state index is 11.0. The lowest BCUT2D eigenvalue weighted by Gasteiger charge is -2.07. The fourth-order valence-corrected chi connectivity index (χ4v) is 3.32. The highest BCUT2D eigenvalue weighted by Crippen LogP contribution is 2.14. The summed E-state index contributed by atoms with van der Waals surface area (Å²) in [7, 11) is 1.32. The average Bonchev–Trinajstić information content (AvgIpc) is 2.63. The van der Waals surface area contributed by atoms with Gasteiger partial charge in [-0.15, -0.1) is 0 Å². The molecule has 0 fully saturated rings. The fraction of sp³-hybridized carbons (Fsp3) is 0.955. The molecule has 25 heavy (non-hydrogen) atoms. The summed E-state index contributed by atoms with van der Waals surface area (Å²) in [6.45, 7) is 2.28.